The summed E-state index contributed by atoms with van der Waals surface area (Å²) in [5.41, 5.74) is 6.39. The molecule has 1 aromatic rings. The van der Waals surface area contributed by atoms with Crippen molar-refractivity contribution in [2.45, 2.75) is 27.2 Å². The maximum absolute atomic E-state index is 11.7. The van der Waals surface area contributed by atoms with E-state index >= 15 is 0 Å². The van der Waals surface area contributed by atoms with Crippen LogP contribution in [-0.2, 0) is 4.79 Å². The number of anilines is 2. The molecule has 1 rings (SSSR count). The van der Waals surface area contributed by atoms with E-state index in [1.165, 1.54) is 6.33 Å². The van der Waals surface area contributed by atoms with Crippen LogP contribution in [0.4, 0.5) is 11.5 Å². The molecule has 112 valence electrons. The molecule has 7 nitrogen and oxygen atoms in total. The molecule has 0 spiro atoms. The van der Waals surface area contributed by atoms with Crippen LogP contribution in [0.1, 0.15) is 27.2 Å². The van der Waals surface area contributed by atoms with Gasteiger partial charge in [-0.3, -0.25) is 4.79 Å². The fourth-order valence-corrected chi connectivity index (χ4v) is 1.70. The van der Waals surface area contributed by atoms with Gasteiger partial charge in [0.05, 0.1) is 13.2 Å². The largest absolute Gasteiger partial charge is 0.476 e. The summed E-state index contributed by atoms with van der Waals surface area (Å²) in [4.78, 5) is 21.7. The van der Waals surface area contributed by atoms with Crippen LogP contribution in [0, 0.1) is 0 Å². The molecule has 0 saturated heterocycles. The first-order valence-electron chi connectivity index (χ1n) is 6.88. The lowest BCUT2D eigenvalue weighted by atomic mass is 10.3. The Morgan fingerprint density at radius 1 is 1.40 bits per heavy atom. The lowest BCUT2D eigenvalue weighted by Crippen LogP contribution is -2.38. The molecule has 1 amide bonds. The predicted octanol–water partition coefficient (Wildman–Crippen LogP) is 0.810. The molecule has 0 fully saturated rings. The number of nitrogens with zero attached hydrogens (tertiary/aromatic N) is 3. The van der Waals surface area contributed by atoms with Gasteiger partial charge in [-0.25, -0.2) is 4.98 Å². The average molecular weight is 281 g/mol. The van der Waals surface area contributed by atoms with E-state index in [9.17, 15) is 4.79 Å². The fourth-order valence-electron chi connectivity index (χ4n) is 1.70. The van der Waals surface area contributed by atoms with E-state index in [-0.39, 0.29) is 12.5 Å². The summed E-state index contributed by atoms with van der Waals surface area (Å²) < 4.78 is 5.47. The molecule has 0 aliphatic heterocycles. The van der Waals surface area contributed by atoms with Gasteiger partial charge in [-0.05, 0) is 20.3 Å². The Kier molecular flexibility index (Phi) is 6.55. The first-order chi connectivity index (χ1) is 9.63. The van der Waals surface area contributed by atoms with Gasteiger partial charge >= 0.3 is 0 Å². The molecule has 0 aromatic carbocycles. The van der Waals surface area contributed by atoms with Crippen LogP contribution in [0.5, 0.6) is 5.88 Å². The molecule has 0 aliphatic rings. The number of hydrogen-bond donors (Lipinski definition) is 2. The Labute approximate surface area is 119 Å². The van der Waals surface area contributed by atoms with E-state index in [4.69, 9.17) is 10.5 Å². The third kappa shape index (κ3) is 4.25. The van der Waals surface area contributed by atoms with E-state index < -0.39 is 0 Å². The van der Waals surface area contributed by atoms with Gasteiger partial charge in [0.15, 0.2) is 5.82 Å². The Hall–Kier alpha value is -2.05. The monoisotopic (exact) mass is 281 g/mol. The smallest absolute Gasteiger partial charge is 0.242 e. The number of aromatic nitrogens is 2. The Bertz CT molecular complexity index is 439. The van der Waals surface area contributed by atoms with Gasteiger partial charge < -0.3 is 20.7 Å². The number of carbonyl (C=O) groups excluding carboxylic acids is 1. The fraction of sp³-hybridized carbons (Fsp3) is 0.615. The number of nitrogens with one attached hydrogen (secondary N) is 1. The van der Waals surface area contributed by atoms with Crippen molar-refractivity contribution in [3.8, 4) is 5.88 Å². The van der Waals surface area contributed by atoms with Crippen molar-refractivity contribution < 1.29 is 9.53 Å². The zero-order valence-electron chi connectivity index (χ0n) is 12.3. The van der Waals surface area contributed by atoms with Crippen molar-refractivity contribution in [3.63, 3.8) is 0 Å². The van der Waals surface area contributed by atoms with E-state index in [2.05, 4.69) is 15.3 Å². The van der Waals surface area contributed by atoms with E-state index in [1.807, 2.05) is 20.8 Å². The zero-order chi connectivity index (χ0) is 15.0. The second-order valence-electron chi connectivity index (χ2n) is 4.23. The van der Waals surface area contributed by atoms with Crippen LogP contribution in [0.3, 0.4) is 0 Å². The first-order valence-corrected chi connectivity index (χ1v) is 6.88. The maximum Gasteiger partial charge on any atom is 0.242 e. The van der Waals surface area contributed by atoms with Crippen molar-refractivity contribution in [2.24, 2.45) is 0 Å². The molecule has 7 heteroatoms. The lowest BCUT2D eigenvalue weighted by Gasteiger charge is -2.23. The van der Waals surface area contributed by atoms with Gasteiger partial charge in [-0.2, -0.15) is 4.98 Å². The van der Waals surface area contributed by atoms with Crippen molar-refractivity contribution in [3.05, 3.63) is 6.33 Å². The summed E-state index contributed by atoms with van der Waals surface area (Å²) in [5, 5.41) is 2.75. The number of carbonyl (C=O) groups is 1. The summed E-state index contributed by atoms with van der Waals surface area (Å²) in [6, 6.07) is 0. The molecular formula is C13H23N5O2. The number of nitrogen functional groups attached to an aromatic ring is 1. The van der Waals surface area contributed by atoms with Gasteiger partial charge in [-0.15, -0.1) is 0 Å². The summed E-state index contributed by atoms with van der Waals surface area (Å²) in [7, 11) is 0. The Balaban J connectivity index is 2.89. The molecule has 0 aliphatic carbocycles. The van der Waals surface area contributed by atoms with Crippen LogP contribution in [0.2, 0.25) is 0 Å². The number of rotatable bonds is 8. The second kappa shape index (κ2) is 8.19. The minimum absolute atomic E-state index is 0.0663. The minimum atomic E-state index is -0.0663. The number of nitrogens with two attached hydrogens (primary N) is 1. The highest BCUT2D eigenvalue weighted by atomic mass is 16.5. The molecule has 20 heavy (non-hydrogen) atoms. The molecule has 0 bridgehead atoms. The second-order valence-corrected chi connectivity index (χ2v) is 4.23. The summed E-state index contributed by atoms with van der Waals surface area (Å²) in [5.74, 6) is 0.828. The van der Waals surface area contributed by atoms with Gasteiger partial charge in [0, 0.05) is 13.1 Å². The molecule has 1 heterocycles. The van der Waals surface area contributed by atoms with Crippen LogP contribution in [0.25, 0.3) is 0 Å². The molecular weight excluding hydrogens is 258 g/mol. The molecule has 0 unspecified atom stereocenters. The van der Waals surface area contributed by atoms with Gasteiger partial charge in [0.1, 0.15) is 12.0 Å². The highest BCUT2D eigenvalue weighted by Crippen LogP contribution is 2.27. The third-order valence-corrected chi connectivity index (χ3v) is 2.66. The van der Waals surface area contributed by atoms with E-state index in [1.54, 1.807) is 4.90 Å². The van der Waals surface area contributed by atoms with Crippen molar-refractivity contribution in [1.82, 2.24) is 15.3 Å². The van der Waals surface area contributed by atoms with Gasteiger partial charge in [0.25, 0.3) is 0 Å². The normalized spacial score (nSPS) is 10.2. The average Bonchev–Trinajstić information content (AvgIpc) is 2.44. The van der Waals surface area contributed by atoms with Crippen molar-refractivity contribution in [2.75, 3.05) is 36.9 Å². The number of amides is 1. The minimum Gasteiger partial charge on any atom is -0.476 e. The summed E-state index contributed by atoms with van der Waals surface area (Å²) >= 11 is 0. The Morgan fingerprint density at radius 2 is 2.15 bits per heavy atom. The number of ether oxygens (including phenoxy) is 1. The summed E-state index contributed by atoms with van der Waals surface area (Å²) in [6.07, 6.45) is 2.27. The molecule has 0 radical (unpaired) electrons. The third-order valence-electron chi connectivity index (χ3n) is 2.66. The standard InChI is InChI=1S/C13H23N5O2/c1-4-7-20-13-11(14)12(16-9-17-13)18(6-3)8-10(19)15-5-2/h9H,4-8,14H2,1-3H3,(H,15,19). The quantitative estimate of drug-likeness (QED) is 0.732. The van der Waals surface area contributed by atoms with Crippen LogP contribution < -0.4 is 20.7 Å². The van der Waals surface area contributed by atoms with Crippen LogP contribution in [-0.4, -0.2) is 42.1 Å². The lowest BCUT2D eigenvalue weighted by molar-refractivity contribution is -0.119. The SMILES string of the molecule is CCCOc1ncnc(N(CC)CC(=O)NCC)c1N. The first kappa shape index (κ1) is 16.0. The molecule has 3 N–H and O–H groups in total. The van der Waals surface area contributed by atoms with E-state index in [0.717, 1.165) is 6.42 Å². The van der Waals surface area contributed by atoms with Gasteiger partial charge in [-0.1, -0.05) is 6.92 Å². The van der Waals surface area contributed by atoms with Crippen LogP contribution >= 0.6 is 0 Å². The molecule has 1 aromatic heterocycles. The summed E-state index contributed by atoms with van der Waals surface area (Å²) in [6.45, 7) is 7.79. The molecule has 0 atom stereocenters. The number of hydrogen-bond acceptors (Lipinski definition) is 6. The van der Waals surface area contributed by atoms with E-state index in [0.29, 0.717) is 37.1 Å². The van der Waals surface area contributed by atoms with Crippen molar-refractivity contribution in [1.29, 1.82) is 0 Å². The molecule has 0 saturated carbocycles. The topological polar surface area (TPSA) is 93.4 Å². The highest BCUT2D eigenvalue weighted by Gasteiger charge is 2.17. The maximum atomic E-state index is 11.7. The zero-order valence-corrected chi connectivity index (χ0v) is 12.3. The van der Waals surface area contributed by atoms with Gasteiger partial charge in [0.2, 0.25) is 11.8 Å². The predicted molar refractivity (Wildman–Crippen MR) is 78.8 cm³/mol. The Morgan fingerprint density at radius 3 is 2.75 bits per heavy atom. The number of likely N-dealkylation sites (N-methyl/N-ethyl adjacent to an activating group) is 2. The van der Waals surface area contributed by atoms with Crippen LogP contribution in [0.15, 0.2) is 6.33 Å². The van der Waals surface area contributed by atoms with Crippen molar-refractivity contribution >= 4 is 17.4 Å². The highest BCUT2D eigenvalue weighted by molar-refractivity contribution is 5.82.